The summed E-state index contributed by atoms with van der Waals surface area (Å²) in [5.74, 6) is 0.319. The van der Waals surface area contributed by atoms with E-state index < -0.39 is 23.8 Å². The molecule has 2 heterocycles. The second-order valence-electron chi connectivity index (χ2n) is 7.12. The number of nitrogens with two attached hydrogens (primary N) is 1. The molecule has 0 aliphatic rings. The quantitative estimate of drug-likeness (QED) is 0.375. The van der Waals surface area contributed by atoms with Crippen LogP contribution in [0, 0.1) is 6.92 Å². The van der Waals surface area contributed by atoms with Gasteiger partial charge in [0.1, 0.15) is 18.1 Å². The summed E-state index contributed by atoms with van der Waals surface area (Å²) < 4.78 is 11.6. The van der Waals surface area contributed by atoms with Crippen LogP contribution in [0.5, 0.6) is 10.9 Å². The van der Waals surface area contributed by atoms with Crippen LogP contribution in [0.25, 0.3) is 0 Å². The van der Waals surface area contributed by atoms with E-state index in [2.05, 4.69) is 19.7 Å². The molecule has 4 rings (SSSR count). The van der Waals surface area contributed by atoms with Gasteiger partial charge in [0, 0.05) is 22.2 Å². The van der Waals surface area contributed by atoms with E-state index in [4.69, 9.17) is 22.1 Å². The lowest BCUT2D eigenvalue weighted by Crippen LogP contribution is -2.45. The van der Waals surface area contributed by atoms with Crippen LogP contribution in [-0.4, -0.2) is 29.4 Å². The van der Waals surface area contributed by atoms with E-state index in [0.29, 0.717) is 32.0 Å². The van der Waals surface area contributed by atoms with Crippen LogP contribution in [0.4, 0.5) is 11.6 Å². The van der Waals surface area contributed by atoms with Gasteiger partial charge in [-0.25, -0.2) is 14.2 Å². The predicted molar refractivity (Wildman–Crippen MR) is 127 cm³/mol. The normalized spacial score (nSPS) is 10.8. The molecule has 1 amide bonds. The van der Waals surface area contributed by atoms with E-state index in [0.717, 1.165) is 17.1 Å². The van der Waals surface area contributed by atoms with Gasteiger partial charge >= 0.3 is 11.4 Å². The van der Waals surface area contributed by atoms with E-state index in [1.165, 1.54) is 4.57 Å². The number of rotatable bonds is 8. The molecular formula is C21H18ClN7O4S. The number of ether oxygens (including phenoxy) is 1. The number of anilines is 2. The van der Waals surface area contributed by atoms with Crippen LogP contribution in [0.15, 0.2) is 58.1 Å². The van der Waals surface area contributed by atoms with Crippen molar-refractivity contribution in [2.75, 3.05) is 5.32 Å². The van der Waals surface area contributed by atoms with Gasteiger partial charge in [-0.05, 0) is 48.9 Å². The van der Waals surface area contributed by atoms with Crippen molar-refractivity contribution in [1.29, 1.82) is 0 Å². The number of aromatic nitrogens is 5. The van der Waals surface area contributed by atoms with Crippen LogP contribution in [0.1, 0.15) is 11.4 Å². The number of nitrogens with zero attached hydrogens (tertiary/aromatic N) is 5. The minimum atomic E-state index is -0.898. The molecule has 0 radical (unpaired) electrons. The number of halogens is 1. The summed E-state index contributed by atoms with van der Waals surface area (Å²) in [5.41, 5.74) is 4.84. The number of nitrogens with one attached hydrogen (secondary N) is 1. The number of hydrogen-bond acceptors (Lipinski definition) is 9. The number of aryl methyl sites for hydroxylation is 1. The predicted octanol–water partition coefficient (Wildman–Crippen LogP) is 2.29. The molecular weight excluding hydrogens is 482 g/mol. The highest BCUT2D eigenvalue weighted by atomic mass is 35.5. The third-order valence-electron chi connectivity index (χ3n) is 4.54. The second kappa shape index (κ2) is 9.85. The lowest BCUT2D eigenvalue weighted by molar-refractivity contribution is -0.118. The van der Waals surface area contributed by atoms with E-state index in [1.807, 2.05) is 0 Å². The fourth-order valence-electron chi connectivity index (χ4n) is 2.99. The molecule has 0 bridgehead atoms. The maximum Gasteiger partial charge on any atom is 0.355 e. The molecule has 174 valence electrons. The molecule has 0 fully saturated rings. The van der Waals surface area contributed by atoms with Crippen LogP contribution in [0.3, 0.4) is 0 Å². The lowest BCUT2D eigenvalue weighted by atomic mass is 10.2. The van der Waals surface area contributed by atoms with Crippen molar-refractivity contribution in [3.8, 4) is 10.9 Å². The average Bonchev–Trinajstić information content (AvgIpc) is 3.21. The third-order valence-corrected chi connectivity index (χ3v) is 5.48. The summed E-state index contributed by atoms with van der Waals surface area (Å²) in [6.45, 7) is 1.26. The van der Waals surface area contributed by atoms with Crippen LogP contribution >= 0.6 is 23.1 Å². The minimum absolute atomic E-state index is 0.000845. The summed E-state index contributed by atoms with van der Waals surface area (Å²) in [7, 11) is 0. The monoisotopic (exact) mass is 499 g/mol. The fourth-order valence-corrected chi connectivity index (χ4v) is 3.67. The Morgan fingerprint density at radius 2 is 1.79 bits per heavy atom. The summed E-state index contributed by atoms with van der Waals surface area (Å²) >= 11 is 7.08. The highest BCUT2D eigenvalue weighted by Gasteiger charge is 2.15. The van der Waals surface area contributed by atoms with Gasteiger partial charge in [-0.15, -0.1) is 0 Å². The zero-order valence-corrected chi connectivity index (χ0v) is 19.3. The Bertz CT molecular complexity index is 1450. The van der Waals surface area contributed by atoms with Gasteiger partial charge in [-0.3, -0.25) is 9.36 Å². The second-order valence-corrected chi connectivity index (χ2v) is 8.28. The van der Waals surface area contributed by atoms with Gasteiger partial charge in [0.25, 0.3) is 5.19 Å². The van der Waals surface area contributed by atoms with Gasteiger partial charge in [-0.1, -0.05) is 23.7 Å². The highest BCUT2D eigenvalue weighted by molar-refractivity contribution is 7.07. The van der Waals surface area contributed by atoms with Crippen molar-refractivity contribution in [3.05, 3.63) is 85.9 Å². The van der Waals surface area contributed by atoms with Crippen LogP contribution in [0.2, 0.25) is 5.02 Å². The molecule has 13 heteroatoms. The molecule has 0 aliphatic carbocycles. The van der Waals surface area contributed by atoms with Crippen molar-refractivity contribution in [2.45, 2.75) is 20.0 Å². The molecule has 2 aromatic carbocycles. The Kier molecular flexibility index (Phi) is 6.70. The van der Waals surface area contributed by atoms with Gasteiger partial charge in [0.15, 0.2) is 0 Å². The largest absolute Gasteiger partial charge is 0.430 e. The first-order valence-electron chi connectivity index (χ1n) is 9.88. The fraction of sp³-hybridized carbons (Fsp3) is 0.143. The lowest BCUT2D eigenvalue weighted by Gasteiger charge is -2.15. The first kappa shape index (κ1) is 23.1. The number of primary amides is 1. The maximum atomic E-state index is 13.0. The Labute approximate surface area is 201 Å². The Morgan fingerprint density at radius 3 is 2.41 bits per heavy atom. The molecule has 4 aromatic rings. The molecule has 34 heavy (non-hydrogen) atoms. The summed E-state index contributed by atoms with van der Waals surface area (Å²) in [5, 5.41) is 3.93. The number of benzene rings is 2. The van der Waals surface area contributed by atoms with E-state index >= 15 is 0 Å². The average molecular weight is 500 g/mol. The van der Waals surface area contributed by atoms with Gasteiger partial charge < -0.3 is 15.8 Å². The summed E-state index contributed by atoms with van der Waals surface area (Å²) in [6.07, 6.45) is 0. The van der Waals surface area contributed by atoms with E-state index in [9.17, 15) is 14.4 Å². The molecule has 0 unspecified atom stereocenters. The van der Waals surface area contributed by atoms with Crippen LogP contribution < -0.4 is 27.2 Å². The SMILES string of the molecule is Cc1nsc(Oc2ccc(Nc3nc(=O)n(CC(N)=O)c(=O)n3Cc3ccc(Cl)cc3)cc2)n1. The molecule has 0 atom stereocenters. The standard InChI is InChI=1S/C21H18ClN7O4S/c1-12-24-20(34-27-12)33-16-8-6-15(7-9-16)25-18-26-19(31)29(11-17(23)30)21(32)28(18)10-13-2-4-14(22)5-3-13/h2-9H,10-11H2,1H3,(H2,23,30)(H,25,26,31). The maximum absolute atomic E-state index is 13.0. The smallest absolute Gasteiger partial charge is 0.355 e. The third kappa shape index (κ3) is 5.47. The number of hydrogen-bond donors (Lipinski definition) is 2. The minimum Gasteiger partial charge on any atom is -0.430 e. The topological polar surface area (TPSA) is 147 Å². The van der Waals surface area contributed by atoms with Crippen molar-refractivity contribution < 1.29 is 9.53 Å². The Morgan fingerprint density at radius 1 is 1.09 bits per heavy atom. The molecule has 0 aliphatic heterocycles. The molecule has 3 N–H and O–H groups in total. The summed E-state index contributed by atoms with van der Waals surface area (Å²) in [6, 6.07) is 13.6. The van der Waals surface area contributed by atoms with Gasteiger partial charge in [-0.2, -0.15) is 14.3 Å². The highest BCUT2D eigenvalue weighted by Crippen LogP contribution is 2.25. The van der Waals surface area contributed by atoms with E-state index in [1.54, 1.807) is 55.5 Å². The molecule has 11 nitrogen and oxygen atoms in total. The van der Waals surface area contributed by atoms with Crippen molar-refractivity contribution in [1.82, 2.24) is 23.5 Å². The van der Waals surface area contributed by atoms with Crippen molar-refractivity contribution >= 4 is 40.7 Å². The molecule has 0 saturated heterocycles. The zero-order valence-electron chi connectivity index (χ0n) is 17.8. The summed E-state index contributed by atoms with van der Waals surface area (Å²) in [4.78, 5) is 45.0. The Balaban J connectivity index is 1.65. The van der Waals surface area contributed by atoms with E-state index in [-0.39, 0.29) is 12.5 Å². The number of carbonyl (C=O) groups is 1. The number of carbonyl (C=O) groups excluding carboxylic acids is 1. The first-order chi connectivity index (χ1) is 16.3. The Hall–Kier alpha value is -4.03. The first-order valence-corrected chi connectivity index (χ1v) is 11.0. The van der Waals surface area contributed by atoms with Crippen molar-refractivity contribution in [3.63, 3.8) is 0 Å². The number of amides is 1. The van der Waals surface area contributed by atoms with Gasteiger partial charge in [0.05, 0.1) is 6.54 Å². The van der Waals surface area contributed by atoms with Crippen molar-refractivity contribution in [2.24, 2.45) is 5.73 Å². The van der Waals surface area contributed by atoms with Gasteiger partial charge in [0.2, 0.25) is 11.9 Å². The molecule has 0 spiro atoms. The zero-order chi connectivity index (χ0) is 24.2. The molecule has 0 saturated carbocycles. The van der Waals surface area contributed by atoms with Crippen LogP contribution in [-0.2, 0) is 17.9 Å². The molecule has 2 aromatic heterocycles.